The zero-order valence-electron chi connectivity index (χ0n) is 11.9. The maximum Gasteiger partial charge on any atom is 0.273 e. The van der Waals surface area contributed by atoms with Gasteiger partial charge in [-0.2, -0.15) is 5.10 Å². The van der Waals surface area contributed by atoms with Crippen molar-refractivity contribution in [1.82, 2.24) is 20.7 Å². The van der Waals surface area contributed by atoms with Gasteiger partial charge in [0.2, 0.25) is 5.76 Å². The van der Waals surface area contributed by atoms with Gasteiger partial charge >= 0.3 is 0 Å². The molecular weight excluding hydrogens is 296 g/mol. The van der Waals surface area contributed by atoms with Gasteiger partial charge in [-0.1, -0.05) is 23.4 Å². The standard InChI is InChI=1S/C16H12N4O3/c21-16(12-8-15(23-20-12)14-6-3-7-22-14)17-9-13-10-4-1-2-5-11(10)18-19-13/h1-8H,9H2,(H,17,21)(H,18,19). The van der Waals surface area contributed by atoms with Crippen molar-refractivity contribution in [3.63, 3.8) is 0 Å². The topological polar surface area (TPSA) is 97.0 Å². The Hall–Kier alpha value is -3.35. The van der Waals surface area contributed by atoms with E-state index in [0.29, 0.717) is 18.1 Å². The summed E-state index contributed by atoms with van der Waals surface area (Å²) in [5.74, 6) is 0.605. The van der Waals surface area contributed by atoms with E-state index >= 15 is 0 Å². The van der Waals surface area contributed by atoms with Gasteiger partial charge in [0.25, 0.3) is 5.91 Å². The van der Waals surface area contributed by atoms with Gasteiger partial charge in [0, 0.05) is 11.5 Å². The molecular formula is C16H12N4O3. The normalized spacial score (nSPS) is 11.0. The first-order chi connectivity index (χ1) is 11.3. The quantitative estimate of drug-likeness (QED) is 0.604. The Balaban J connectivity index is 1.48. The van der Waals surface area contributed by atoms with Crippen LogP contribution >= 0.6 is 0 Å². The molecule has 0 fully saturated rings. The van der Waals surface area contributed by atoms with Gasteiger partial charge in [0.15, 0.2) is 11.5 Å². The average Bonchev–Trinajstić information content (AvgIpc) is 3.31. The molecule has 23 heavy (non-hydrogen) atoms. The summed E-state index contributed by atoms with van der Waals surface area (Å²) < 4.78 is 10.3. The van der Waals surface area contributed by atoms with E-state index in [4.69, 9.17) is 8.94 Å². The Kier molecular flexibility index (Phi) is 3.16. The Labute approximate surface area is 130 Å². The van der Waals surface area contributed by atoms with E-state index in [-0.39, 0.29) is 11.6 Å². The molecule has 3 aromatic heterocycles. The second kappa shape index (κ2) is 5.45. The molecule has 1 amide bonds. The summed E-state index contributed by atoms with van der Waals surface area (Å²) in [6, 6.07) is 12.7. The smallest absolute Gasteiger partial charge is 0.273 e. The van der Waals surface area contributed by atoms with Gasteiger partial charge in [-0.15, -0.1) is 0 Å². The summed E-state index contributed by atoms with van der Waals surface area (Å²) in [5, 5.41) is 14.6. The Morgan fingerprint density at radius 1 is 1.17 bits per heavy atom. The first kappa shape index (κ1) is 13.3. The number of H-pyrrole nitrogens is 1. The second-order valence-corrected chi connectivity index (χ2v) is 4.96. The van der Waals surface area contributed by atoms with E-state index in [9.17, 15) is 4.79 Å². The Morgan fingerprint density at radius 2 is 2.09 bits per heavy atom. The number of amides is 1. The van der Waals surface area contributed by atoms with Crippen molar-refractivity contribution in [2.24, 2.45) is 0 Å². The van der Waals surface area contributed by atoms with Crippen LogP contribution in [0.2, 0.25) is 0 Å². The van der Waals surface area contributed by atoms with Gasteiger partial charge in [-0.05, 0) is 18.2 Å². The minimum absolute atomic E-state index is 0.195. The number of hydrogen-bond acceptors (Lipinski definition) is 5. The predicted molar refractivity (Wildman–Crippen MR) is 81.5 cm³/mol. The third kappa shape index (κ3) is 2.48. The molecule has 4 rings (SSSR count). The van der Waals surface area contributed by atoms with Crippen molar-refractivity contribution in [3.8, 4) is 11.5 Å². The van der Waals surface area contributed by atoms with E-state index < -0.39 is 0 Å². The lowest BCUT2D eigenvalue weighted by atomic mass is 10.2. The van der Waals surface area contributed by atoms with Gasteiger partial charge in [0.1, 0.15) is 0 Å². The molecule has 7 nitrogen and oxygen atoms in total. The number of aromatic nitrogens is 3. The highest BCUT2D eigenvalue weighted by atomic mass is 16.5. The van der Waals surface area contributed by atoms with Crippen LogP contribution in [0.4, 0.5) is 0 Å². The molecule has 0 unspecified atom stereocenters. The summed E-state index contributed by atoms with van der Waals surface area (Å²) in [7, 11) is 0. The highest BCUT2D eigenvalue weighted by molar-refractivity contribution is 5.93. The molecule has 0 aliphatic heterocycles. The first-order valence-electron chi connectivity index (χ1n) is 7.02. The molecule has 114 valence electrons. The molecule has 0 atom stereocenters. The fourth-order valence-electron chi connectivity index (χ4n) is 2.33. The van der Waals surface area contributed by atoms with Crippen LogP contribution in [0, 0.1) is 0 Å². The van der Waals surface area contributed by atoms with E-state index in [1.165, 1.54) is 6.26 Å². The number of benzene rings is 1. The number of nitrogens with one attached hydrogen (secondary N) is 2. The number of carbonyl (C=O) groups excluding carboxylic acids is 1. The minimum atomic E-state index is -0.328. The summed E-state index contributed by atoms with van der Waals surface area (Å²) in [4.78, 5) is 12.2. The molecule has 0 saturated heterocycles. The number of rotatable bonds is 4. The molecule has 0 spiro atoms. The largest absolute Gasteiger partial charge is 0.461 e. The molecule has 0 aliphatic carbocycles. The molecule has 1 aromatic carbocycles. The number of aromatic amines is 1. The van der Waals surface area contributed by atoms with Crippen molar-refractivity contribution in [3.05, 3.63) is 60.1 Å². The molecule has 0 aliphatic rings. The number of carbonyl (C=O) groups is 1. The first-order valence-corrected chi connectivity index (χ1v) is 7.02. The van der Waals surface area contributed by atoms with E-state index in [1.54, 1.807) is 18.2 Å². The third-order valence-corrected chi connectivity index (χ3v) is 3.47. The number of furan rings is 1. The zero-order chi connectivity index (χ0) is 15.6. The highest BCUT2D eigenvalue weighted by Gasteiger charge is 2.15. The van der Waals surface area contributed by atoms with Gasteiger partial charge in [-0.25, -0.2) is 0 Å². The van der Waals surface area contributed by atoms with Crippen LogP contribution in [0.5, 0.6) is 0 Å². The van der Waals surface area contributed by atoms with Crippen molar-refractivity contribution in [1.29, 1.82) is 0 Å². The van der Waals surface area contributed by atoms with Crippen LogP contribution in [-0.2, 0) is 6.54 Å². The zero-order valence-corrected chi connectivity index (χ0v) is 11.9. The van der Waals surface area contributed by atoms with Crippen LogP contribution in [0.25, 0.3) is 22.4 Å². The maximum absolute atomic E-state index is 12.2. The number of hydrogen-bond donors (Lipinski definition) is 2. The number of para-hydroxylation sites is 1. The van der Waals surface area contributed by atoms with Crippen LogP contribution < -0.4 is 5.32 Å². The summed E-state index contributed by atoms with van der Waals surface area (Å²) in [6.45, 7) is 0.322. The molecule has 0 saturated carbocycles. The lowest BCUT2D eigenvalue weighted by Crippen LogP contribution is -2.23. The van der Waals surface area contributed by atoms with Gasteiger partial charge in [-0.3, -0.25) is 9.89 Å². The van der Waals surface area contributed by atoms with Crippen LogP contribution in [-0.4, -0.2) is 21.3 Å². The fourth-order valence-corrected chi connectivity index (χ4v) is 2.33. The summed E-state index contributed by atoms with van der Waals surface area (Å²) in [6.07, 6.45) is 1.53. The third-order valence-electron chi connectivity index (χ3n) is 3.47. The fraction of sp³-hybridized carbons (Fsp3) is 0.0625. The van der Waals surface area contributed by atoms with Crippen LogP contribution in [0.1, 0.15) is 16.2 Å². The molecule has 0 radical (unpaired) electrons. The van der Waals surface area contributed by atoms with Gasteiger partial charge < -0.3 is 14.3 Å². The average molecular weight is 308 g/mol. The molecule has 2 N–H and O–H groups in total. The van der Waals surface area contributed by atoms with Crippen LogP contribution in [0.3, 0.4) is 0 Å². The van der Waals surface area contributed by atoms with E-state index in [1.807, 2.05) is 24.3 Å². The predicted octanol–water partition coefficient (Wildman–Crippen LogP) is 2.74. The number of fused-ring (bicyclic) bond motifs is 1. The van der Waals surface area contributed by atoms with Crippen molar-refractivity contribution in [2.75, 3.05) is 0 Å². The Bertz CT molecular complexity index is 953. The SMILES string of the molecule is O=C(NCc1[nH]nc2ccccc12)c1cc(-c2ccco2)on1. The summed E-state index contributed by atoms with van der Waals surface area (Å²) in [5.41, 5.74) is 1.89. The lowest BCUT2D eigenvalue weighted by Gasteiger charge is -2.00. The van der Waals surface area contributed by atoms with E-state index in [2.05, 4.69) is 20.7 Å². The van der Waals surface area contributed by atoms with E-state index in [0.717, 1.165) is 16.6 Å². The lowest BCUT2D eigenvalue weighted by molar-refractivity contribution is 0.0941. The maximum atomic E-state index is 12.2. The molecule has 3 heterocycles. The highest BCUT2D eigenvalue weighted by Crippen LogP contribution is 2.20. The van der Waals surface area contributed by atoms with Crippen molar-refractivity contribution in [2.45, 2.75) is 6.54 Å². The molecule has 4 aromatic rings. The van der Waals surface area contributed by atoms with Crippen molar-refractivity contribution < 1.29 is 13.7 Å². The Morgan fingerprint density at radius 3 is 2.96 bits per heavy atom. The second-order valence-electron chi connectivity index (χ2n) is 4.96. The summed E-state index contributed by atoms with van der Waals surface area (Å²) >= 11 is 0. The molecule has 0 bridgehead atoms. The number of nitrogens with zero attached hydrogens (tertiary/aromatic N) is 2. The monoisotopic (exact) mass is 308 g/mol. The van der Waals surface area contributed by atoms with Crippen LogP contribution in [0.15, 0.2) is 57.7 Å². The minimum Gasteiger partial charge on any atom is -0.461 e. The van der Waals surface area contributed by atoms with Gasteiger partial charge in [0.05, 0.1) is 24.0 Å². The van der Waals surface area contributed by atoms with Crippen molar-refractivity contribution >= 4 is 16.8 Å². The molecule has 7 heteroatoms.